The molecule has 11 heavy (non-hydrogen) atoms. The second-order valence-corrected chi connectivity index (χ2v) is 2.63. The quantitative estimate of drug-likeness (QED) is 0.595. The summed E-state index contributed by atoms with van der Waals surface area (Å²) < 4.78 is 21.8. The zero-order valence-corrected chi connectivity index (χ0v) is 6.43. The molecule has 0 aromatic heterocycles. The van der Waals surface area contributed by atoms with Gasteiger partial charge in [0.1, 0.15) is 0 Å². The Hall–Kier alpha value is -0.800. The van der Waals surface area contributed by atoms with Gasteiger partial charge in [-0.25, -0.2) is 4.79 Å². The van der Waals surface area contributed by atoms with E-state index in [1.54, 1.807) is 0 Å². The molecular weight excluding hydrogens is 151 g/mol. The third-order valence-corrected chi connectivity index (χ3v) is 1.58. The van der Waals surface area contributed by atoms with Crippen LogP contribution >= 0.6 is 0 Å². The van der Waals surface area contributed by atoms with Gasteiger partial charge in [0.2, 0.25) is 0 Å². The predicted molar refractivity (Wildman–Crippen MR) is 35.8 cm³/mol. The van der Waals surface area contributed by atoms with Gasteiger partial charge in [-0.2, -0.15) is 4.39 Å². The van der Waals surface area contributed by atoms with E-state index < -0.39 is 12.0 Å². The van der Waals surface area contributed by atoms with Crippen molar-refractivity contribution in [2.45, 2.75) is 32.0 Å². The maximum Gasteiger partial charge on any atom is 0.511 e. The molecule has 0 aliphatic carbocycles. The predicted octanol–water partition coefficient (Wildman–Crippen LogP) is 2.01. The van der Waals surface area contributed by atoms with Crippen LogP contribution in [0.15, 0.2) is 0 Å². The van der Waals surface area contributed by atoms with Gasteiger partial charge >= 0.3 is 6.16 Å². The molecule has 1 aliphatic heterocycles. The fourth-order valence-electron chi connectivity index (χ4n) is 0.939. The first-order valence-electron chi connectivity index (χ1n) is 3.71. The van der Waals surface area contributed by atoms with E-state index in [0.717, 1.165) is 6.42 Å². The van der Waals surface area contributed by atoms with Crippen molar-refractivity contribution in [3.63, 3.8) is 0 Å². The van der Waals surface area contributed by atoms with Crippen molar-refractivity contribution in [2.24, 2.45) is 0 Å². The summed E-state index contributed by atoms with van der Waals surface area (Å²) in [6.45, 7) is 1.69. The Morgan fingerprint density at radius 1 is 1.73 bits per heavy atom. The smallest absolute Gasteiger partial charge is 0.427 e. The number of rotatable bonds is 3. The Morgan fingerprint density at radius 2 is 2.45 bits per heavy atom. The van der Waals surface area contributed by atoms with E-state index in [0.29, 0.717) is 6.42 Å². The van der Waals surface area contributed by atoms with Crippen molar-refractivity contribution in [3.8, 4) is 0 Å². The largest absolute Gasteiger partial charge is 0.511 e. The van der Waals surface area contributed by atoms with Gasteiger partial charge in [0.25, 0.3) is 5.85 Å². The van der Waals surface area contributed by atoms with Crippen LogP contribution in [0, 0.1) is 0 Å². The highest BCUT2D eigenvalue weighted by atomic mass is 19.2. The lowest BCUT2D eigenvalue weighted by molar-refractivity contribution is -0.0674. The van der Waals surface area contributed by atoms with E-state index in [-0.39, 0.29) is 13.0 Å². The van der Waals surface area contributed by atoms with Gasteiger partial charge in [-0.05, 0) is 6.42 Å². The average molecular weight is 162 g/mol. The van der Waals surface area contributed by atoms with E-state index in [9.17, 15) is 9.18 Å². The second kappa shape index (κ2) is 3.07. The number of halogens is 1. The van der Waals surface area contributed by atoms with Crippen LogP contribution < -0.4 is 0 Å². The van der Waals surface area contributed by atoms with Crippen LogP contribution in [0.25, 0.3) is 0 Å². The summed E-state index contributed by atoms with van der Waals surface area (Å²) >= 11 is 0. The first-order chi connectivity index (χ1) is 5.16. The van der Waals surface area contributed by atoms with Crippen LogP contribution in [0.4, 0.5) is 9.18 Å². The van der Waals surface area contributed by atoms with Crippen LogP contribution in [0.5, 0.6) is 0 Å². The zero-order chi connectivity index (χ0) is 8.32. The van der Waals surface area contributed by atoms with Crippen molar-refractivity contribution in [1.29, 1.82) is 0 Å². The molecule has 0 bridgehead atoms. The van der Waals surface area contributed by atoms with Crippen molar-refractivity contribution in [2.75, 3.05) is 6.61 Å². The third-order valence-electron chi connectivity index (χ3n) is 1.58. The number of alkyl halides is 1. The summed E-state index contributed by atoms with van der Waals surface area (Å²) in [7, 11) is 0. The van der Waals surface area contributed by atoms with Crippen LogP contribution in [0.1, 0.15) is 26.2 Å². The lowest BCUT2D eigenvalue weighted by atomic mass is 10.1. The van der Waals surface area contributed by atoms with Gasteiger partial charge in [0.05, 0.1) is 0 Å². The maximum atomic E-state index is 13.2. The van der Waals surface area contributed by atoms with Gasteiger partial charge in [-0.3, -0.25) is 0 Å². The summed E-state index contributed by atoms with van der Waals surface area (Å²) in [6.07, 6.45) is 0.912. The molecule has 1 fully saturated rings. The summed E-state index contributed by atoms with van der Waals surface area (Å²) in [5.41, 5.74) is 0. The van der Waals surface area contributed by atoms with Gasteiger partial charge < -0.3 is 9.47 Å². The molecule has 0 amide bonds. The molecule has 64 valence electrons. The third kappa shape index (κ3) is 2.06. The number of hydrogen-bond donors (Lipinski definition) is 0. The fourth-order valence-corrected chi connectivity index (χ4v) is 0.939. The molecule has 0 spiro atoms. The summed E-state index contributed by atoms with van der Waals surface area (Å²) in [6, 6.07) is 0. The van der Waals surface area contributed by atoms with Crippen LogP contribution in [-0.4, -0.2) is 18.6 Å². The Kier molecular flexibility index (Phi) is 2.31. The Balaban J connectivity index is 2.35. The highest BCUT2D eigenvalue weighted by Gasteiger charge is 2.41. The highest BCUT2D eigenvalue weighted by Crippen LogP contribution is 2.27. The lowest BCUT2D eigenvalue weighted by Crippen LogP contribution is -2.25. The van der Waals surface area contributed by atoms with Gasteiger partial charge in [-0.1, -0.05) is 13.3 Å². The highest BCUT2D eigenvalue weighted by molar-refractivity contribution is 5.62. The maximum absolute atomic E-state index is 13.2. The van der Waals surface area contributed by atoms with Gasteiger partial charge in [0.15, 0.2) is 6.61 Å². The van der Waals surface area contributed by atoms with Crippen molar-refractivity contribution < 1.29 is 18.7 Å². The number of ether oxygens (including phenoxy) is 2. The number of carbonyl (C=O) groups is 1. The molecule has 0 radical (unpaired) electrons. The number of carbonyl (C=O) groups excluding carboxylic acids is 1. The molecule has 1 rings (SSSR count). The van der Waals surface area contributed by atoms with E-state index in [4.69, 9.17) is 0 Å². The molecule has 3 nitrogen and oxygen atoms in total. The zero-order valence-electron chi connectivity index (χ0n) is 6.43. The van der Waals surface area contributed by atoms with Crippen LogP contribution in [-0.2, 0) is 9.47 Å². The second-order valence-electron chi connectivity index (χ2n) is 2.63. The molecule has 0 aromatic carbocycles. The van der Waals surface area contributed by atoms with Crippen molar-refractivity contribution in [1.82, 2.24) is 0 Å². The molecular formula is C7H11FO3. The molecule has 4 heteroatoms. The van der Waals surface area contributed by atoms with Gasteiger partial charge in [0, 0.05) is 6.42 Å². The average Bonchev–Trinajstić information content (AvgIpc) is 2.28. The Morgan fingerprint density at radius 3 is 2.91 bits per heavy atom. The summed E-state index contributed by atoms with van der Waals surface area (Å²) in [5, 5.41) is 0. The first kappa shape index (κ1) is 8.30. The SMILES string of the molecule is CCCCC1(F)COC(=O)O1. The Bertz CT molecular complexity index is 160. The van der Waals surface area contributed by atoms with Crippen LogP contribution in [0.2, 0.25) is 0 Å². The summed E-state index contributed by atoms with van der Waals surface area (Å²) in [4.78, 5) is 10.3. The molecule has 0 aromatic rings. The topological polar surface area (TPSA) is 35.5 Å². The van der Waals surface area contributed by atoms with Crippen molar-refractivity contribution in [3.05, 3.63) is 0 Å². The minimum absolute atomic E-state index is 0.231. The number of hydrogen-bond acceptors (Lipinski definition) is 3. The first-order valence-corrected chi connectivity index (χ1v) is 3.71. The Labute approximate surface area is 64.5 Å². The van der Waals surface area contributed by atoms with E-state index in [1.165, 1.54) is 0 Å². The molecule has 0 N–H and O–H groups in total. The van der Waals surface area contributed by atoms with Crippen molar-refractivity contribution >= 4 is 6.16 Å². The summed E-state index contributed by atoms with van der Waals surface area (Å²) in [5.74, 6) is -1.85. The molecule has 0 saturated carbocycles. The normalized spacial score (nSPS) is 29.8. The standard InChI is InChI=1S/C7H11FO3/c1-2-3-4-7(8)5-10-6(9)11-7/h2-5H2,1H3. The minimum Gasteiger partial charge on any atom is -0.427 e. The lowest BCUT2D eigenvalue weighted by Gasteiger charge is -2.13. The molecule has 1 aliphatic rings. The fraction of sp³-hybridized carbons (Fsp3) is 0.857. The van der Waals surface area contributed by atoms with Gasteiger partial charge in [-0.15, -0.1) is 0 Å². The van der Waals surface area contributed by atoms with E-state index >= 15 is 0 Å². The van der Waals surface area contributed by atoms with E-state index in [2.05, 4.69) is 9.47 Å². The molecule has 1 unspecified atom stereocenters. The molecule has 1 atom stereocenters. The molecule has 1 saturated heterocycles. The van der Waals surface area contributed by atoms with E-state index in [1.807, 2.05) is 6.92 Å². The monoisotopic (exact) mass is 162 g/mol. The van der Waals surface area contributed by atoms with Crippen LogP contribution in [0.3, 0.4) is 0 Å². The molecule has 1 heterocycles. The number of unbranched alkanes of at least 4 members (excludes halogenated alkanes) is 1. The number of cyclic esters (lactones) is 2. The minimum atomic E-state index is -1.85.